The fourth-order valence-corrected chi connectivity index (χ4v) is 3.81. The quantitative estimate of drug-likeness (QED) is 0.575. The van der Waals surface area contributed by atoms with Crippen molar-refractivity contribution in [2.24, 2.45) is 0 Å². The van der Waals surface area contributed by atoms with Crippen LogP contribution in [-0.4, -0.2) is 29.9 Å². The van der Waals surface area contributed by atoms with Crippen LogP contribution in [0.25, 0.3) is 10.8 Å². The zero-order valence-corrected chi connectivity index (χ0v) is 16.6. The van der Waals surface area contributed by atoms with Crippen LogP contribution < -0.4 is 5.32 Å². The van der Waals surface area contributed by atoms with Crippen molar-refractivity contribution in [2.45, 2.75) is 38.3 Å². The Kier molecular flexibility index (Phi) is 6.20. The maximum atomic E-state index is 13.0. The number of hydrogen-bond acceptors (Lipinski definition) is 2. The van der Waals surface area contributed by atoms with Crippen molar-refractivity contribution in [2.75, 3.05) is 13.1 Å². The minimum Gasteiger partial charge on any atom is -0.356 e. The van der Waals surface area contributed by atoms with Gasteiger partial charge in [0.2, 0.25) is 5.91 Å². The lowest BCUT2D eigenvalue weighted by Gasteiger charge is -2.22. The van der Waals surface area contributed by atoms with Crippen LogP contribution in [-0.2, 0) is 17.8 Å². The molecule has 1 aliphatic carbocycles. The molecule has 0 spiro atoms. The first-order valence-electron chi connectivity index (χ1n) is 10.4. The second-order valence-electron chi connectivity index (χ2n) is 7.82. The third-order valence-corrected chi connectivity index (χ3v) is 5.59. The Morgan fingerprint density at radius 3 is 2.55 bits per heavy atom. The van der Waals surface area contributed by atoms with E-state index in [0.29, 0.717) is 25.4 Å². The molecule has 0 aromatic heterocycles. The van der Waals surface area contributed by atoms with Gasteiger partial charge in [0.1, 0.15) is 5.82 Å². The Hall–Kier alpha value is -2.72. The highest BCUT2D eigenvalue weighted by molar-refractivity contribution is 5.85. The largest absolute Gasteiger partial charge is 0.356 e. The summed E-state index contributed by atoms with van der Waals surface area (Å²) in [5.41, 5.74) is 2.36. The Labute approximate surface area is 171 Å². The van der Waals surface area contributed by atoms with E-state index in [1.807, 2.05) is 0 Å². The van der Waals surface area contributed by atoms with Gasteiger partial charge in [-0.05, 0) is 53.3 Å². The number of amides is 1. The average Bonchev–Trinajstić information content (AvgIpc) is 3.58. The van der Waals surface area contributed by atoms with Gasteiger partial charge in [0.25, 0.3) is 0 Å². The summed E-state index contributed by atoms with van der Waals surface area (Å²) < 4.78 is 13.0. The maximum Gasteiger partial charge on any atom is 0.221 e. The van der Waals surface area contributed by atoms with Crippen LogP contribution in [0.2, 0.25) is 0 Å². The van der Waals surface area contributed by atoms with Gasteiger partial charge in [-0.15, -0.1) is 0 Å². The number of fused-ring (bicyclic) bond motifs is 1. The lowest BCUT2D eigenvalue weighted by Crippen LogP contribution is -2.32. The minimum atomic E-state index is -0.232. The molecule has 1 amide bonds. The predicted molar refractivity (Wildman–Crippen MR) is 115 cm³/mol. The highest BCUT2D eigenvalue weighted by atomic mass is 19.1. The van der Waals surface area contributed by atoms with Crippen LogP contribution in [0.3, 0.4) is 0 Å². The third-order valence-electron chi connectivity index (χ3n) is 5.59. The molecule has 0 saturated heterocycles. The number of carbonyl (C=O) groups excluding carboxylic acids is 1. The van der Waals surface area contributed by atoms with Crippen molar-refractivity contribution in [1.29, 1.82) is 0 Å². The van der Waals surface area contributed by atoms with Crippen LogP contribution in [0.5, 0.6) is 0 Å². The van der Waals surface area contributed by atoms with E-state index < -0.39 is 0 Å². The summed E-state index contributed by atoms with van der Waals surface area (Å²) in [5.74, 6) is -0.153. The third kappa shape index (κ3) is 5.42. The van der Waals surface area contributed by atoms with Crippen molar-refractivity contribution in [3.63, 3.8) is 0 Å². The second kappa shape index (κ2) is 9.19. The van der Waals surface area contributed by atoms with Crippen molar-refractivity contribution < 1.29 is 9.18 Å². The molecule has 3 aromatic carbocycles. The molecule has 1 saturated carbocycles. The molecular weight excluding hydrogens is 363 g/mol. The predicted octanol–water partition coefficient (Wildman–Crippen LogP) is 4.69. The summed E-state index contributed by atoms with van der Waals surface area (Å²) in [6.45, 7) is 2.24. The monoisotopic (exact) mass is 390 g/mol. The van der Waals surface area contributed by atoms with Crippen LogP contribution in [0.15, 0.2) is 66.7 Å². The summed E-state index contributed by atoms with van der Waals surface area (Å²) in [4.78, 5) is 14.7. The topological polar surface area (TPSA) is 32.3 Å². The lowest BCUT2D eigenvalue weighted by atomic mass is 10.0. The van der Waals surface area contributed by atoms with Crippen LogP contribution in [0, 0.1) is 5.82 Å². The highest BCUT2D eigenvalue weighted by Gasteiger charge is 2.29. The molecule has 0 atom stereocenters. The molecule has 3 nitrogen and oxygen atoms in total. The van der Waals surface area contributed by atoms with Gasteiger partial charge in [-0.2, -0.15) is 0 Å². The van der Waals surface area contributed by atoms with E-state index >= 15 is 0 Å². The molecule has 0 aliphatic heterocycles. The summed E-state index contributed by atoms with van der Waals surface area (Å²) in [7, 11) is 0. The molecule has 0 radical (unpaired) electrons. The van der Waals surface area contributed by atoms with Crippen molar-refractivity contribution in [1.82, 2.24) is 10.2 Å². The van der Waals surface area contributed by atoms with E-state index in [1.54, 1.807) is 12.1 Å². The zero-order chi connectivity index (χ0) is 20.1. The fourth-order valence-electron chi connectivity index (χ4n) is 3.81. The minimum absolute atomic E-state index is 0.0793. The van der Waals surface area contributed by atoms with E-state index in [2.05, 4.69) is 52.7 Å². The van der Waals surface area contributed by atoms with Crippen molar-refractivity contribution in [3.8, 4) is 0 Å². The molecule has 1 fully saturated rings. The number of rotatable bonds is 9. The lowest BCUT2D eigenvalue weighted by molar-refractivity contribution is -0.121. The van der Waals surface area contributed by atoms with Gasteiger partial charge in [-0.1, -0.05) is 54.6 Å². The smallest absolute Gasteiger partial charge is 0.221 e. The van der Waals surface area contributed by atoms with Gasteiger partial charge in [-0.3, -0.25) is 9.69 Å². The Bertz CT molecular complexity index is 961. The number of hydrogen-bond donors (Lipinski definition) is 1. The highest BCUT2D eigenvalue weighted by Crippen LogP contribution is 2.30. The summed E-state index contributed by atoms with van der Waals surface area (Å²) in [6, 6.07) is 22.0. The number of nitrogens with zero attached hydrogens (tertiary/aromatic N) is 1. The molecule has 0 heterocycles. The van der Waals surface area contributed by atoms with Gasteiger partial charge in [0.15, 0.2) is 0 Å². The van der Waals surface area contributed by atoms with Gasteiger partial charge in [0, 0.05) is 32.1 Å². The van der Waals surface area contributed by atoms with Gasteiger partial charge >= 0.3 is 0 Å². The van der Waals surface area contributed by atoms with E-state index in [4.69, 9.17) is 0 Å². The van der Waals surface area contributed by atoms with Gasteiger partial charge in [0.05, 0.1) is 0 Å². The standard InChI is InChI=1S/C25H27FN2O/c26-22-10-8-19(9-11-22)14-16-27-25(29)15-17-28(23-12-13-23)18-21-6-3-5-20-4-1-2-7-24(20)21/h1-11,23H,12-18H2,(H,27,29). The normalized spacial score (nSPS) is 13.7. The Morgan fingerprint density at radius 1 is 1.00 bits per heavy atom. The van der Waals surface area contributed by atoms with Crippen LogP contribution in [0.4, 0.5) is 4.39 Å². The number of carbonyl (C=O) groups is 1. The first kappa shape index (κ1) is 19.6. The van der Waals surface area contributed by atoms with E-state index in [1.165, 1.54) is 41.3 Å². The zero-order valence-electron chi connectivity index (χ0n) is 16.6. The molecule has 4 heteroatoms. The number of nitrogens with one attached hydrogen (secondary N) is 1. The molecule has 1 aliphatic rings. The molecule has 150 valence electrons. The number of halogens is 1. The molecule has 1 N–H and O–H groups in total. The van der Waals surface area contributed by atoms with E-state index in [0.717, 1.165) is 18.7 Å². The summed E-state index contributed by atoms with van der Waals surface area (Å²) >= 11 is 0. The summed E-state index contributed by atoms with van der Waals surface area (Å²) in [6.07, 6.45) is 3.66. The van der Waals surface area contributed by atoms with Gasteiger partial charge < -0.3 is 5.32 Å². The van der Waals surface area contributed by atoms with E-state index in [-0.39, 0.29) is 11.7 Å². The first-order valence-corrected chi connectivity index (χ1v) is 10.4. The van der Waals surface area contributed by atoms with Gasteiger partial charge in [-0.25, -0.2) is 4.39 Å². The van der Waals surface area contributed by atoms with E-state index in [9.17, 15) is 9.18 Å². The SMILES string of the molecule is O=C(CCN(Cc1cccc2ccccc12)C1CC1)NCCc1ccc(F)cc1. The first-order chi connectivity index (χ1) is 14.2. The average molecular weight is 391 g/mol. The maximum absolute atomic E-state index is 13.0. The molecule has 29 heavy (non-hydrogen) atoms. The molecular formula is C25H27FN2O. The molecule has 3 aromatic rings. The second-order valence-corrected chi connectivity index (χ2v) is 7.82. The van der Waals surface area contributed by atoms with Crippen molar-refractivity contribution in [3.05, 3.63) is 83.7 Å². The Morgan fingerprint density at radius 2 is 1.76 bits per heavy atom. The number of benzene rings is 3. The fraction of sp³-hybridized carbons (Fsp3) is 0.320. The van der Waals surface area contributed by atoms with Crippen molar-refractivity contribution >= 4 is 16.7 Å². The Balaban J connectivity index is 1.28. The molecule has 0 bridgehead atoms. The van der Waals surface area contributed by atoms with Crippen LogP contribution >= 0.6 is 0 Å². The molecule has 0 unspecified atom stereocenters. The van der Waals surface area contributed by atoms with Crippen LogP contribution in [0.1, 0.15) is 30.4 Å². The molecule has 4 rings (SSSR count). The summed E-state index contributed by atoms with van der Waals surface area (Å²) in [5, 5.41) is 5.55.